The predicted octanol–water partition coefficient (Wildman–Crippen LogP) is 3.61. The van der Waals surface area contributed by atoms with Crippen molar-refractivity contribution in [1.29, 1.82) is 0 Å². The highest BCUT2D eigenvalue weighted by atomic mass is 35.5. The van der Waals surface area contributed by atoms with E-state index in [0.717, 1.165) is 27.7 Å². The first-order chi connectivity index (χ1) is 15.3. The van der Waals surface area contributed by atoms with Crippen molar-refractivity contribution in [2.75, 3.05) is 7.05 Å². The Kier molecular flexibility index (Phi) is 5.59. The number of nitro groups is 1. The Morgan fingerprint density at radius 3 is 2.72 bits per heavy atom. The molecule has 0 spiro atoms. The summed E-state index contributed by atoms with van der Waals surface area (Å²) >= 11 is 5.77. The second-order valence-electron chi connectivity index (χ2n) is 6.62. The molecule has 12 heteroatoms. The van der Waals surface area contributed by atoms with E-state index in [4.69, 9.17) is 11.6 Å². The van der Waals surface area contributed by atoms with Crippen LogP contribution in [0, 0.1) is 10.1 Å². The van der Waals surface area contributed by atoms with Crippen molar-refractivity contribution < 1.29 is 13.3 Å². The maximum absolute atomic E-state index is 12.8. The Balaban J connectivity index is 1.65. The summed E-state index contributed by atoms with van der Waals surface area (Å²) < 4.78 is 28.1. The third-order valence-corrected chi connectivity index (χ3v) is 6.60. The molecule has 3 heterocycles. The van der Waals surface area contributed by atoms with E-state index in [1.165, 1.54) is 19.3 Å². The lowest BCUT2D eigenvalue weighted by Crippen LogP contribution is -2.22. The predicted molar refractivity (Wildman–Crippen MR) is 119 cm³/mol. The number of nitrogens with zero attached hydrogens (tertiary/aromatic N) is 6. The zero-order valence-corrected chi connectivity index (χ0v) is 18.1. The van der Waals surface area contributed by atoms with Crippen molar-refractivity contribution in [1.82, 2.24) is 18.8 Å². The second kappa shape index (κ2) is 8.36. The maximum Gasteiger partial charge on any atom is 0.289 e. The van der Waals surface area contributed by atoms with Gasteiger partial charge in [0.25, 0.3) is 15.7 Å². The molecule has 0 unspecified atom stereocenters. The number of fused-ring (bicyclic) bond motifs is 1. The van der Waals surface area contributed by atoms with Crippen LogP contribution < -0.4 is 0 Å². The van der Waals surface area contributed by atoms with Crippen LogP contribution in [0.25, 0.3) is 16.8 Å². The molecular weight excluding hydrogens is 456 g/mol. The molecule has 0 atom stereocenters. The highest BCUT2D eigenvalue weighted by molar-refractivity contribution is 7.89. The van der Waals surface area contributed by atoms with E-state index in [9.17, 15) is 18.5 Å². The molecule has 0 radical (unpaired) electrons. The summed E-state index contributed by atoms with van der Waals surface area (Å²) in [5, 5.41) is 14.9. The summed E-state index contributed by atoms with van der Waals surface area (Å²) in [5.41, 5.74) is 2.49. The van der Waals surface area contributed by atoms with Crippen molar-refractivity contribution in [2.24, 2.45) is 5.10 Å². The van der Waals surface area contributed by atoms with Crippen LogP contribution >= 0.6 is 11.6 Å². The Hall–Kier alpha value is -3.83. The number of rotatable bonds is 6. The number of sulfonamides is 1. The number of hydrogen-bond acceptors (Lipinski definition) is 7. The third-order valence-electron chi connectivity index (χ3n) is 4.64. The first-order valence-electron chi connectivity index (χ1n) is 9.12. The molecule has 0 fully saturated rings. The average molecular weight is 471 g/mol. The van der Waals surface area contributed by atoms with E-state index in [-0.39, 0.29) is 9.92 Å². The van der Waals surface area contributed by atoms with Crippen LogP contribution in [0.2, 0.25) is 5.02 Å². The molecule has 3 aromatic heterocycles. The summed E-state index contributed by atoms with van der Waals surface area (Å²) in [4.78, 5) is 18.4. The zero-order valence-electron chi connectivity index (χ0n) is 16.5. The minimum Gasteiger partial charge on any atom is -0.298 e. The fourth-order valence-corrected chi connectivity index (χ4v) is 4.11. The van der Waals surface area contributed by atoms with Gasteiger partial charge in [0.2, 0.25) is 0 Å². The lowest BCUT2D eigenvalue weighted by atomic mass is 10.1. The fraction of sp³-hybridized carbons (Fsp3) is 0.0500. The Morgan fingerprint density at radius 2 is 2.00 bits per heavy atom. The second-order valence-corrected chi connectivity index (χ2v) is 8.98. The van der Waals surface area contributed by atoms with Crippen LogP contribution in [0.3, 0.4) is 0 Å². The number of benzene rings is 1. The van der Waals surface area contributed by atoms with Crippen molar-refractivity contribution in [2.45, 2.75) is 4.90 Å². The van der Waals surface area contributed by atoms with Gasteiger partial charge in [-0.3, -0.25) is 19.5 Å². The van der Waals surface area contributed by atoms with Crippen LogP contribution in [-0.4, -0.2) is 45.4 Å². The molecule has 0 saturated carbocycles. The van der Waals surface area contributed by atoms with Gasteiger partial charge in [-0.15, -0.1) is 0 Å². The quantitative estimate of drug-likeness (QED) is 0.241. The first-order valence-corrected chi connectivity index (χ1v) is 10.9. The molecule has 4 aromatic rings. The molecule has 0 bridgehead atoms. The number of imidazole rings is 1. The van der Waals surface area contributed by atoms with Gasteiger partial charge in [0.05, 0.1) is 27.9 Å². The number of hydrogen-bond donors (Lipinski definition) is 0. The molecule has 0 N–H and O–H groups in total. The topological polar surface area (TPSA) is 123 Å². The monoisotopic (exact) mass is 470 g/mol. The molecule has 0 aliphatic rings. The molecular formula is C20H15ClN6O4S. The molecule has 10 nitrogen and oxygen atoms in total. The van der Waals surface area contributed by atoms with Gasteiger partial charge in [-0.2, -0.15) is 17.9 Å². The van der Waals surface area contributed by atoms with E-state index in [2.05, 4.69) is 15.1 Å². The minimum absolute atomic E-state index is 0.157. The van der Waals surface area contributed by atoms with Crippen molar-refractivity contribution in [3.63, 3.8) is 0 Å². The lowest BCUT2D eigenvalue weighted by Gasteiger charge is -2.13. The van der Waals surface area contributed by atoms with Crippen LogP contribution in [0.1, 0.15) is 5.69 Å². The molecule has 32 heavy (non-hydrogen) atoms. The molecule has 162 valence electrons. The van der Waals surface area contributed by atoms with Gasteiger partial charge in [-0.1, -0.05) is 17.7 Å². The average Bonchev–Trinajstić information content (AvgIpc) is 3.20. The van der Waals surface area contributed by atoms with E-state index in [1.54, 1.807) is 23.0 Å². The highest BCUT2D eigenvalue weighted by Crippen LogP contribution is 2.28. The fourth-order valence-electron chi connectivity index (χ4n) is 2.95. The Labute approximate surface area is 187 Å². The standard InChI is InChI=1S/C20H15ClN6O4S/c1-25(32(30,31)17-5-6-18(21)19(9-17)27(28)29)24-12-16-11-23-20-7-4-15(13-26(16)20)14-3-2-8-22-10-14/h2-13H,1H3/b24-12+. The van der Waals surface area contributed by atoms with Crippen molar-refractivity contribution >= 4 is 39.2 Å². The first kappa shape index (κ1) is 21.4. The zero-order chi connectivity index (χ0) is 22.9. The van der Waals surface area contributed by atoms with Crippen molar-refractivity contribution in [3.8, 4) is 11.1 Å². The Bertz CT molecular complexity index is 1450. The molecule has 1 aromatic carbocycles. The van der Waals surface area contributed by atoms with Gasteiger partial charge in [-0.05, 0) is 30.3 Å². The molecule has 4 rings (SSSR count). The van der Waals surface area contributed by atoms with Gasteiger partial charge in [0, 0.05) is 42.8 Å². The summed E-state index contributed by atoms with van der Waals surface area (Å²) in [7, 11) is -2.90. The number of nitro benzene ring substituents is 1. The molecule has 0 aliphatic carbocycles. The summed E-state index contributed by atoms with van der Waals surface area (Å²) in [6.45, 7) is 0. The van der Waals surface area contributed by atoms with Gasteiger partial charge < -0.3 is 0 Å². The van der Waals surface area contributed by atoms with Gasteiger partial charge in [0.1, 0.15) is 10.7 Å². The maximum atomic E-state index is 12.8. The lowest BCUT2D eigenvalue weighted by molar-refractivity contribution is -0.384. The van der Waals surface area contributed by atoms with Gasteiger partial charge >= 0.3 is 0 Å². The molecule has 0 saturated heterocycles. The van der Waals surface area contributed by atoms with Gasteiger partial charge in [-0.25, -0.2) is 4.98 Å². The Morgan fingerprint density at radius 1 is 1.19 bits per heavy atom. The van der Waals surface area contributed by atoms with E-state index in [0.29, 0.717) is 11.3 Å². The van der Waals surface area contributed by atoms with E-state index in [1.807, 2.05) is 30.5 Å². The van der Waals surface area contributed by atoms with Crippen LogP contribution in [0.15, 0.2) is 77.2 Å². The molecule has 0 aliphatic heterocycles. The largest absolute Gasteiger partial charge is 0.298 e. The normalized spacial score (nSPS) is 11.8. The summed E-state index contributed by atoms with van der Waals surface area (Å²) in [6.07, 6.45) is 8.16. The SMILES string of the molecule is CN(/N=C/c1cnc2ccc(-c3cccnc3)cn12)S(=O)(=O)c1ccc(Cl)c([N+](=O)[O-])c1. The highest BCUT2D eigenvalue weighted by Gasteiger charge is 2.24. The number of aromatic nitrogens is 3. The van der Waals surface area contributed by atoms with E-state index >= 15 is 0 Å². The van der Waals surface area contributed by atoms with Gasteiger partial charge in [0.15, 0.2) is 0 Å². The smallest absolute Gasteiger partial charge is 0.289 e. The third kappa shape index (κ3) is 4.03. The molecule has 0 amide bonds. The summed E-state index contributed by atoms with van der Waals surface area (Å²) in [5.74, 6) is 0. The van der Waals surface area contributed by atoms with Crippen LogP contribution in [0.5, 0.6) is 0 Å². The number of hydrazone groups is 1. The minimum atomic E-state index is -4.14. The van der Waals surface area contributed by atoms with Crippen LogP contribution in [0.4, 0.5) is 5.69 Å². The van der Waals surface area contributed by atoms with E-state index < -0.39 is 20.6 Å². The number of pyridine rings is 2. The number of halogens is 1. The summed E-state index contributed by atoms with van der Waals surface area (Å²) in [6, 6.07) is 10.7. The van der Waals surface area contributed by atoms with Crippen molar-refractivity contribution in [3.05, 3.63) is 88.1 Å². The van der Waals surface area contributed by atoms with Crippen LogP contribution in [-0.2, 0) is 10.0 Å².